The summed E-state index contributed by atoms with van der Waals surface area (Å²) in [6.07, 6.45) is 2.28. The summed E-state index contributed by atoms with van der Waals surface area (Å²) >= 11 is 0. The number of hydrogen-bond donors (Lipinski definition) is 1. The summed E-state index contributed by atoms with van der Waals surface area (Å²) in [5, 5.41) is 2.70. The van der Waals surface area contributed by atoms with E-state index in [4.69, 9.17) is 14.5 Å². The molecule has 0 atom stereocenters. The zero-order valence-corrected chi connectivity index (χ0v) is 14.9. The Balaban J connectivity index is 1.61. The molecule has 136 valence electrons. The highest BCUT2D eigenvalue weighted by Gasteiger charge is 2.10. The summed E-state index contributed by atoms with van der Waals surface area (Å²) in [6.45, 7) is 2.01. The first-order chi connectivity index (χ1) is 12.8. The van der Waals surface area contributed by atoms with Crippen LogP contribution in [0.15, 0.2) is 48.5 Å². The van der Waals surface area contributed by atoms with Crippen LogP contribution in [-0.4, -0.2) is 36.2 Å². The number of hydrogen-bond acceptors (Lipinski definition) is 4. The van der Waals surface area contributed by atoms with Crippen LogP contribution in [0.3, 0.4) is 0 Å². The van der Waals surface area contributed by atoms with Crippen LogP contribution in [0.25, 0.3) is 11.0 Å². The van der Waals surface area contributed by atoms with Gasteiger partial charge in [0.2, 0.25) is 6.41 Å². The molecule has 1 aromatic heterocycles. The second kappa shape index (κ2) is 8.89. The quantitative estimate of drug-likeness (QED) is 0.450. The third-order valence-corrected chi connectivity index (χ3v) is 4.16. The average molecular weight is 353 g/mol. The standard InChI is InChI=1S/C20H23N3O3/c1-25-16-7-9-17(10-8-16)26-14-4-13-23-19-6-3-2-5-18(19)22-20(23)11-12-21-15-24/h2-3,5-10,15H,4,11-14H2,1H3,(H,21,24). The largest absolute Gasteiger partial charge is 0.497 e. The monoisotopic (exact) mass is 353 g/mol. The van der Waals surface area contributed by atoms with Crippen molar-refractivity contribution in [3.05, 3.63) is 54.4 Å². The molecule has 0 fully saturated rings. The number of carbonyl (C=O) groups is 1. The van der Waals surface area contributed by atoms with Gasteiger partial charge in [0, 0.05) is 19.5 Å². The van der Waals surface area contributed by atoms with Gasteiger partial charge in [0.05, 0.1) is 24.8 Å². The Kier molecular flexibility index (Phi) is 6.09. The number of para-hydroxylation sites is 2. The number of benzene rings is 2. The van der Waals surface area contributed by atoms with E-state index >= 15 is 0 Å². The fourth-order valence-electron chi connectivity index (χ4n) is 2.89. The average Bonchev–Trinajstić information content (AvgIpc) is 3.03. The van der Waals surface area contributed by atoms with Crippen LogP contribution in [0.4, 0.5) is 0 Å². The Labute approximate surface area is 152 Å². The number of nitrogens with zero attached hydrogens (tertiary/aromatic N) is 2. The Morgan fingerprint density at radius 1 is 1.12 bits per heavy atom. The van der Waals surface area contributed by atoms with Gasteiger partial charge in [-0.3, -0.25) is 4.79 Å². The van der Waals surface area contributed by atoms with E-state index in [2.05, 4.69) is 16.0 Å². The molecule has 0 unspecified atom stereocenters. The number of fused-ring (bicyclic) bond motifs is 1. The van der Waals surface area contributed by atoms with Gasteiger partial charge in [-0.1, -0.05) is 12.1 Å². The maximum atomic E-state index is 10.5. The van der Waals surface area contributed by atoms with E-state index in [9.17, 15) is 4.79 Å². The number of imidazole rings is 1. The first-order valence-electron chi connectivity index (χ1n) is 8.70. The lowest BCUT2D eigenvalue weighted by atomic mass is 10.3. The van der Waals surface area contributed by atoms with Crippen molar-refractivity contribution in [2.45, 2.75) is 19.4 Å². The molecule has 0 spiro atoms. The van der Waals surface area contributed by atoms with E-state index in [-0.39, 0.29) is 0 Å². The lowest BCUT2D eigenvalue weighted by Gasteiger charge is -2.11. The van der Waals surface area contributed by atoms with Crippen molar-refractivity contribution < 1.29 is 14.3 Å². The van der Waals surface area contributed by atoms with Crippen LogP contribution in [0.5, 0.6) is 11.5 Å². The zero-order chi connectivity index (χ0) is 18.2. The number of carbonyl (C=O) groups excluding carboxylic acids is 1. The third-order valence-electron chi connectivity index (χ3n) is 4.16. The summed E-state index contributed by atoms with van der Waals surface area (Å²) < 4.78 is 13.2. The van der Waals surface area contributed by atoms with E-state index in [1.807, 2.05) is 42.5 Å². The summed E-state index contributed by atoms with van der Waals surface area (Å²) in [6, 6.07) is 15.7. The Morgan fingerprint density at radius 3 is 2.65 bits per heavy atom. The van der Waals surface area contributed by atoms with Crippen molar-refractivity contribution in [2.75, 3.05) is 20.3 Å². The molecule has 3 aromatic rings. The van der Waals surface area contributed by atoms with Crippen LogP contribution in [-0.2, 0) is 17.8 Å². The van der Waals surface area contributed by atoms with Crippen LogP contribution in [0.1, 0.15) is 12.2 Å². The van der Waals surface area contributed by atoms with E-state index in [1.165, 1.54) is 0 Å². The SMILES string of the molecule is COc1ccc(OCCCn2c(CCNC=O)nc3ccccc32)cc1. The minimum atomic E-state index is 0.579. The normalized spacial score (nSPS) is 10.7. The molecule has 6 nitrogen and oxygen atoms in total. The second-order valence-electron chi connectivity index (χ2n) is 5.87. The molecule has 0 radical (unpaired) electrons. The predicted molar refractivity (Wildman–Crippen MR) is 101 cm³/mol. The van der Waals surface area contributed by atoms with E-state index in [1.54, 1.807) is 7.11 Å². The minimum Gasteiger partial charge on any atom is -0.497 e. The minimum absolute atomic E-state index is 0.579. The van der Waals surface area contributed by atoms with Crippen molar-refractivity contribution in [1.29, 1.82) is 0 Å². The molecule has 1 heterocycles. The van der Waals surface area contributed by atoms with Gasteiger partial charge in [0.1, 0.15) is 17.3 Å². The van der Waals surface area contributed by atoms with Gasteiger partial charge in [-0.15, -0.1) is 0 Å². The lowest BCUT2D eigenvalue weighted by Crippen LogP contribution is -2.17. The summed E-state index contributed by atoms with van der Waals surface area (Å²) in [5.74, 6) is 2.62. The number of nitrogens with one attached hydrogen (secondary N) is 1. The van der Waals surface area contributed by atoms with E-state index < -0.39 is 0 Å². The highest BCUT2D eigenvalue weighted by atomic mass is 16.5. The number of rotatable bonds is 10. The highest BCUT2D eigenvalue weighted by Crippen LogP contribution is 2.19. The molecule has 1 N–H and O–H groups in total. The van der Waals surface area contributed by atoms with Crippen molar-refractivity contribution in [3.8, 4) is 11.5 Å². The summed E-state index contributed by atoms with van der Waals surface area (Å²) in [4.78, 5) is 15.2. The number of amides is 1. The molecule has 0 bridgehead atoms. The van der Waals surface area contributed by atoms with Gasteiger partial charge in [0.15, 0.2) is 0 Å². The van der Waals surface area contributed by atoms with Crippen molar-refractivity contribution in [3.63, 3.8) is 0 Å². The fourth-order valence-corrected chi connectivity index (χ4v) is 2.89. The first-order valence-corrected chi connectivity index (χ1v) is 8.70. The molecule has 2 aromatic carbocycles. The Hall–Kier alpha value is -3.02. The number of ether oxygens (including phenoxy) is 2. The maximum Gasteiger partial charge on any atom is 0.207 e. The Bertz CT molecular complexity index is 843. The molecule has 0 saturated heterocycles. The van der Waals surface area contributed by atoms with Crippen LogP contribution < -0.4 is 14.8 Å². The lowest BCUT2D eigenvalue weighted by molar-refractivity contribution is -0.109. The van der Waals surface area contributed by atoms with Crippen molar-refractivity contribution in [2.24, 2.45) is 0 Å². The summed E-state index contributed by atoms with van der Waals surface area (Å²) in [7, 11) is 1.65. The number of methoxy groups -OCH3 is 1. The van der Waals surface area contributed by atoms with Crippen LogP contribution in [0, 0.1) is 0 Å². The molecular weight excluding hydrogens is 330 g/mol. The van der Waals surface area contributed by atoms with Gasteiger partial charge in [-0.05, 0) is 42.8 Å². The van der Waals surface area contributed by atoms with Gasteiger partial charge in [-0.25, -0.2) is 4.98 Å². The molecule has 0 aliphatic heterocycles. The van der Waals surface area contributed by atoms with Gasteiger partial charge < -0.3 is 19.4 Å². The van der Waals surface area contributed by atoms with Gasteiger partial charge in [-0.2, -0.15) is 0 Å². The molecule has 0 aliphatic carbocycles. The topological polar surface area (TPSA) is 65.4 Å². The number of aryl methyl sites for hydroxylation is 1. The Morgan fingerprint density at radius 2 is 1.88 bits per heavy atom. The van der Waals surface area contributed by atoms with Crippen molar-refractivity contribution in [1.82, 2.24) is 14.9 Å². The predicted octanol–water partition coefficient (Wildman–Crippen LogP) is 2.80. The molecule has 1 amide bonds. The fraction of sp³-hybridized carbons (Fsp3) is 0.300. The number of aromatic nitrogens is 2. The van der Waals surface area contributed by atoms with E-state index in [0.29, 0.717) is 19.6 Å². The van der Waals surface area contributed by atoms with Gasteiger partial charge >= 0.3 is 0 Å². The molecule has 3 rings (SSSR count). The van der Waals surface area contributed by atoms with Gasteiger partial charge in [0.25, 0.3) is 0 Å². The molecule has 6 heteroatoms. The van der Waals surface area contributed by atoms with Crippen molar-refractivity contribution >= 4 is 17.4 Å². The first kappa shape index (κ1) is 17.8. The zero-order valence-electron chi connectivity index (χ0n) is 14.9. The summed E-state index contributed by atoms with van der Waals surface area (Å²) in [5.41, 5.74) is 2.09. The maximum absolute atomic E-state index is 10.5. The third kappa shape index (κ3) is 4.33. The smallest absolute Gasteiger partial charge is 0.207 e. The molecule has 0 aliphatic rings. The molecule has 26 heavy (non-hydrogen) atoms. The van der Waals surface area contributed by atoms with Crippen LogP contribution in [0.2, 0.25) is 0 Å². The molecular formula is C20H23N3O3. The van der Waals surface area contributed by atoms with Crippen LogP contribution >= 0.6 is 0 Å². The molecule has 0 saturated carbocycles. The van der Waals surface area contributed by atoms with E-state index in [0.717, 1.165) is 47.7 Å². The second-order valence-corrected chi connectivity index (χ2v) is 5.87. The highest BCUT2D eigenvalue weighted by molar-refractivity contribution is 5.75.